The monoisotopic (exact) mass is 300 g/mol. The lowest BCUT2D eigenvalue weighted by Crippen LogP contribution is -2.19. The van der Waals surface area contributed by atoms with Gasteiger partial charge in [-0.15, -0.1) is 0 Å². The van der Waals surface area contributed by atoms with Gasteiger partial charge in [-0.05, 0) is 31.9 Å². The topological polar surface area (TPSA) is 30.2 Å². The molecule has 0 aliphatic rings. The summed E-state index contributed by atoms with van der Waals surface area (Å²) < 4.78 is 3.66. The molecule has 6 heteroatoms. The second-order valence-electron chi connectivity index (χ2n) is 2.51. The number of aromatic nitrogens is 3. The molecule has 13 heavy (non-hydrogen) atoms. The van der Waals surface area contributed by atoms with Crippen LogP contribution in [0.2, 0.25) is 6.82 Å². The van der Waals surface area contributed by atoms with E-state index >= 15 is 0 Å². The molecule has 0 atom stereocenters. The third kappa shape index (κ3) is 1.53. The zero-order chi connectivity index (χ0) is 9.42. The zero-order valence-electron chi connectivity index (χ0n) is 6.83. The van der Waals surface area contributed by atoms with Crippen LogP contribution in [0.3, 0.4) is 0 Å². The van der Waals surface area contributed by atoms with Crippen molar-refractivity contribution in [3.8, 4) is 0 Å². The molecule has 0 amide bonds. The fourth-order valence-corrected chi connectivity index (χ4v) is 1.91. The SMILES string of the molecule is C[B]c1nc(Br)cn2c(Br)cnc12. The fraction of sp³-hybridized carbons (Fsp3) is 0.143. The minimum Gasteiger partial charge on any atom is -0.291 e. The molecular weight excluding hydrogens is 297 g/mol. The highest BCUT2D eigenvalue weighted by Gasteiger charge is 2.07. The molecule has 0 saturated heterocycles. The van der Waals surface area contributed by atoms with Gasteiger partial charge in [0.15, 0.2) is 7.28 Å². The molecule has 0 fully saturated rings. The predicted octanol–water partition coefficient (Wildman–Crippen LogP) is 1.63. The Balaban J connectivity index is 2.84. The van der Waals surface area contributed by atoms with Crippen molar-refractivity contribution in [3.63, 3.8) is 0 Å². The average molecular weight is 302 g/mol. The first-order chi connectivity index (χ1) is 6.22. The van der Waals surface area contributed by atoms with Crippen LogP contribution in [-0.2, 0) is 0 Å². The van der Waals surface area contributed by atoms with Crippen molar-refractivity contribution in [1.29, 1.82) is 0 Å². The van der Waals surface area contributed by atoms with Gasteiger partial charge in [-0.3, -0.25) is 9.38 Å². The van der Waals surface area contributed by atoms with E-state index in [1.165, 1.54) is 0 Å². The van der Waals surface area contributed by atoms with Gasteiger partial charge in [-0.1, -0.05) is 6.82 Å². The van der Waals surface area contributed by atoms with Crippen LogP contribution in [0.15, 0.2) is 21.6 Å². The first-order valence-corrected chi connectivity index (χ1v) is 5.29. The van der Waals surface area contributed by atoms with Crippen LogP contribution < -0.4 is 5.59 Å². The third-order valence-electron chi connectivity index (χ3n) is 1.72. The van der Waals surface area contributed by atoms with Crippen LogP contribution in [0.25, 0.3) is 5.65 Å². The molecule has 0 aliphatic heterocycles. The van der Waals surface area contributed by atoms with Crippen molar-refractivity contribution in [2.24, 2.45) is 0 Å². The molecule has 2 aromatic heterocycles. The largest absolute Gasteiger partial charge is 0.291 e. The molecule has 2 aromatic rings. The molecule has 0 spiro atoms. The number of hydrogen-bond acceptors (Lipinski definition) is 2. The molecule has 0 aromatic carbocycles. The van der Waals surface area contributed by atoms with E-state index in [0.29, 0.717) is 0 Å². The molecule has 0 saturated carbocycles. The van der Waals surface area contributed by atoms with Gasteiger partial charge in [-0.2, -0.15) is 0 Å². The number of rotatable bonds is 1. The van der Waals surface area contributed by atoms with Crippen molar-refractivity contribution in [2.45, 2.75) is 6.82 Å². The first-order valence-electron chi connectivity index (χ1n) is 3.71. The molecule has 0 unspecified atom stereocenters. The highest BCUT2D eigenvalue weighted by molar-refractivity contribution is 9.10. The molecule has 3 nitrogen and oxygen atoms in total. The van der Waals surface area contributed by atoms with Gasteiger partial charge < -0.3 is 0 Å². The summed E-state index contributed by atoms with van der Waals surface area (Å²) in [5.74, 6) is 0. The van der Waals surface area contributed by atoms with Crippen LogP contribution in [0.5, 0.6) is 0 Å². The Morgan fingerprint density at radius 2 is 2.23 bits per heavy atom. The van der Waals surface area contributed by atoms with Crippen molar-refractivity contribution >= 4 is 50.4 Å². The Morgan fingerprint density at radius 1 is 1.46 bits per heavy atom. The molecule has 65 valence electrons. The van der Waals surface area contributed by atoms with Crippen LogP contribution >= 0.6 is 31.9 Å². The van der Waals surface area contributed by atoms with Gasteiger partial charge in [0.05, 0.1) is 6.20 Å². The molecular formula is C7H5BBr2N3. The van der Waals surface area contributed by atoms with Gasteiger partial charge in [0.25, 0.3) is 0 Å². The van der Waals surface area contributed by atoms with Crippen molar-refractivity contribution < 1.29 is 0 Å². The van der Waals surface area contributed by atoms with E-state index in [2.05, 4.69) is 41.8 Å². The van der Waals surface area contributed by atoms with Gasteiger partial charge in [0.1, 0.15) is 14.9 Å². The molecule has 2 heterocycles. The molecule has 0 bridgehead atoms. The van der Waals surface area contributed by atoms with Gasteiger partial charge in [0.2, 0.25) is 0 Å². The fourth-order valence-electron chi connectivity index (χ4n) is 1.15. The van der Waals surface area contributed by atoms with Gasteiger partial charge in [0, 0.05) is 11.8 Å². The number of halogens is 2. The molecule has 2 rings (SSSR count). The lowest BCUT2D eigenvalue weighted by molar-refractivity contribution is 1.10. The quantitative estimate of drug-likeness (QED) is 0.750. The third-order valence-corrected chi connectivity index (χ3v) is 2.69. The number of imidazole rings is 1. The summed E-state index contributed by atoms with van der Waals surface area (Å²) in [6.45, 7) is 1.94. The summed E-state index contributed by atoms with van der Waals surface area (Å²) in [6, 6.07) is 0. The minimum atomic E-state index is 0.798. The van der Waals surface area contributed by atoms with E-state index in [1.54, 1.807) is 6.20 Å². The van der Waals surface area contributed by atoms with Crippen LogP contribution in [0, 0.1) is 0 Å². The van der Waals surface area contributed by atoms with Crippen molar-refractivity contribution in [2.75, 3.05) is 0 Å². The van der Waals surface area contributed by atoms with E-state index in [9.17, 15) is 0 Å². The van der Waals surface area contributed by atoms with Gasteiger partial charge in [-0.25, -0.2) is 4.98 Å². The van der Waals surface area contributed by atoms with Crippen LogP contribution in [-0.4, -0.2) is 21.6 Å². The summed E-state index contributed by atoms with van der Waals surface area (Å²) >= 11 is 6.74. The highest BCUT2D eigenvalue weighted by Crippen LogP contribution is 2.13. The highest BCUT2D eigenvalue weighted by atomic mass is 79.9. The Morgan fingerprint density at radius 3 is 2.92 bits per heavy atom. The number of hydrogen-bond donors (Lipinski definition) is 0. The summed E-state index contributed by atoms with van der Waals surface area (Å²) in [6.07, 6.45) is 3.63. The maximum atomic E-state index is 4.29. The summed E-state index contributed by atoms with van der Waals surface area (Å²) in [4.78, 5) is 8.52. The van der Waals surface area contributed by atoms with E-state index in [-0.39, 0.29) is 0 Å². The Labute approximate surface area is 93.1 Å². The maximum absolute atomic E-state index is 4.29. The number of nitrogens with zero attached hydrogens (tertiary/aromatic N) is 3. The second-order valence-corrected chi connectivity index (χ2v) is 4.14. The standard InChI is InChI=1S/C7H5BBr2N3/c1-8-6-7-11-2-5(10)13(7)3-4(9)12-6/h2-3H,1H3. The Hall–Kier alpha value is -0.355. The zero-order valence-corrected chi connectivity index (χ0v) is 10.0. The van der Waals surface area contributed by atoms with E-state index in [4.69, 9.17) is 0 Å². The molecule has 0 N–H and O–H groups in total. The Bertz CT molecular complexity index is 454. The molecule has 0 aliphatic carbocycles. The maximum Gasteiger partial charge on any atom is 0.179 e. The van der Waals surface area contributed by atoms with Crippen molar-refractivity contribution in [1.82, 2.24) is 14.4 Å². The normalized spacial score (nSPS) is 10.7. The lowest BCUT2D eigenvalue weighted by Gasteiger charge is -2.01. The molecule has 1 radical (unpaired) electrons. The summed E-state index contributed by atoms with van der Waals surface area (Å²) in [5, 5.41) is 0. The van der Waals surface area contributed by atoms with Crippen LogP contribution in [0.4, 0.5) is 0 Å². The van der Waals surface area contributed by atoms with E-state index in [0.717, 1.165) is 20.4 Å². The van der Waals surface area contributed by atoms with Crippen molar-refractivity contribution in [3.05, 3.63) is 21.6 Å². The second kappa shape index (κ2) is 3.42. The average Bonchev–Trinajstić information content (AvgIpc) is 2.47. The van der Waals surface area contributed by atoms with E-state index in [1.807, 2.05) is 24.7 Å². The summed E-state index contributed by atoms with van der Waals surface area (Å²) in [5.41, 5.74) is 1.73. The summed E-state index contributed by atoms with van der Waals surface area (Å²) in [7, 11) is 1.93. The predicted molar refractivity (Wildman–Crippen MR) is 59.6 cm³/mol. The smallest absolute Gasteiger partial charge is 0.179 e. The van der Waals surface area contributed by atoms with Crippen LogP contribution in [0.1, 0.15) is 0 Å². The minimum absolute atomic E-state index is 0.798. The Kier molecular flexibility index (Phi) is 2.42. The van der Waals surface area contributed by atoms with Gasteiger partial charge >= 0.3 is 0 Å². The number of fused-ring (bicyclic) bond motifs is 1. The first kappa shape index (κ1) is 9.21. The van der Waals surface area contributed by atoms with E-state index < -0.39 is 0 Å². The lowest BCUT2D eigenvalue weighted by atomic mass is 9.78.